The van der Waals surface area contributed by atoms with Gasteiger partial charge in [0.1, 0.15) is 5.69 Å². The maximum Gasteiger partial charge on any atom is 0.292 e. The van der Waals surface area contributed by atoms with Gasteiger partial charge in [-0.1, -0.05) is 19.1 Å². The van der Waals surface area contributed by atoms with Crippen molar-refractivity contribution in [1.82, 2.24) is 4.90 Å². The molecular weight excluding hydrogens is 296 g/mol. The van der Waals surface area contributed by atoms with Gasteiger partial charge in [-0.25, -0.2) is 0 Å². The lowest BCUT2D eigenvalue weighted by Gasteiger charge is -2.38. The topological polar surface area (TPSA) is 102 Å². The molecule has 1 saturated heterocycles. The number of anilines is 1. The van der Waals surface area contributed by atoms with Gasteiger partial charge in [0, 0.05) is 38.2 Å². The van der Waals surface area contributed by atoms with E-state index in [9.17, 15) is 14.9 Å². The number of carbonyl (C=O) groups excluding carboxylic acids is 1. The standard InChI is InChI=1S/C16H24N4O3/c1-12-7-9-19(13(10-12)11-17)16(21)6-8-18-14-4-2-3-5-15(14)20(22)23/h2-5,12-13,18H,6-11,17H2,1H3. The van der Waals surface area contributed by atoms with Crippen molar-refractivity contribution in [2.75, 3.05) is 25.0 Å². The van der Waals surface area contributed by atoms with Crippen LogP contribution in [0.4, 0.5) is 11.4 Å². The van der Waals surface area contributed by atoms with E-state index in [0.29, 0.717) is 31.1 Å². The summed E-state index contributed by atoms with van der Waals surface area (Å²) in [6.07, 6.45) is 2.25. The Balaban J connectivity index is 1.89. The van der Waals surface area contributed by atoms with Crippen LogP contribution in [-0.2, 0) is 4.79 Å². The molecule has 2 unspecified atom stereocenters. The van der Waals surface area contributed by atoms with Crippen molar-refractivity contribution >= 4 is 17.3 Å². The third-order valence-corrected chi connectivity index (χ3v) is 4.33. The highest BCUT2D eigenvalue weighted by Gasteiger charge is 2.28. The Kier molecular flexibility index (Phi) is 5.92. The molecule has 2 rings (SSSR count). The molecule has 0 aromatic heterocycles. The van der Waals surface area contributed by atoms with Gasteiger partial charge >= 0.3 is 0 Å². The predicted octanol–water partition coefficient (Wildman–Crippen LogP) is 1.98. The average Bonchev–Trinajstić information content (AvgIpc) is 2.54. The number of nitro benzene ring substituents is 1. The van der Waals surface area contributed by atoms with Crippen LogP contribution in [0, 0.1) is 16.0 Å². The summed E-state index contributed by atoms with van der Waals surface area (Å²) in [6.45, 7) is 3.77. The summed E-state index contributed by atoms with van der Waals surface area (Å²) >= 11 is 0. The summed E-state index contributed by atoms with van der Waals surface area (Å²) in [5.74, 6) is 0.649. The van der Waals surface area contributed by atoms with Crippen LogP contribution in [0.3, 0.4) is 0 Å². The van der Waals surface area contributed by atoms with Gasteiger partial charge in [-0.15, -0.1) is 0 Å². The molecule has 0 aliphatic carbocycles. The average molecular weight is 320 g/mol. The molecule has 1 aromatic carbocycles. The largest absolute Gasteiger partial charge is 0.379 e. The van der Waals surface area contributed by atoms with E-state index in [1.807, 2.05) is 4.90 Å². The summed E-state index contributed by atoms with van der Waals surface area (Å²) in [7, 11) is 0. The van der Waals surface area contributed by atoms with Crippen molar-refractivity contribution in [2.24, 2.45) is 11.7 Å². The summed E-state index contributed by atoms with van der Waals surface area (Å²) < 4.78 is 0. The van der Waals surface area contributed by atoms with Crippen LogP contribution in [0.25, 0.3) is 0 Å². The Morgan fingerprint density at radius 1 is 1.48 bits per heavy atom. The van der Waals surface area contributed by atoms with Crippen LogP contribution < -0.4 is 11.1 Å². The summed E-state index contributed by atoms with van der Waals surface area (Å²) in [4.78, 5) is 24.8. The van der Waals surface area contributed by atoms with Crippen molar-refractivity contribution in [2.45, 2.75) is 32.2 Å². The Hall–Kier alpha value is -2.15. The third kappa shape index (κ3) is 4.41. The molecule has 23 heavy (non-hydrogen) atoms. The van der Waals surface area contributed by atoms with Crippen LogP contribution in [0.2, 0.25) is 0 Å². The second-order valence-electron chi connectivity index (χ2n) is 6.06. The van der Waals surface area contributed by atoms with Gasteiger partial charge in [0.05, 0.1) is 4.92 Å². The molecule has 2 atom stereocenters. The maximum atomic E-state index is 12.4. The minimum absolute atomic E-state index is 0.0200. The summed E-state index contributed by atoms with van der Waals surface area (Å²) in [5.41, 5.74) is 6.24. The van der Waals surface area contributed by atoms with Crippen LogP contribution in [-0.4, -0.2) is 41.4 Å². The van der Waals surface area contributed by atoms with E-state index in [2.05, 4.69) is 12.2 Å². The van der Waals surface area contributed by atoms with Crippen molar-refractivity contribution < 1.29 is 9.72 Å². The summed E-state index contributed by atoms with van der Waals surface area (Å²) in [6, 6.07) is 6.55. The molecule has 0 spiro atoms. The predicted molar refractivity (Wildman–Crippen MR) is 89.2 cm³/mol. The molecule has 1 heterocycles. The first-order valence-corrected chi connectivity index (χ1v) is 7.99. The van der Waals surface area contributed by atoms with Gasteiger partial charge in [-0.05, 0) is 24.8 Å². The summed E-state index contributed by atoms with van der Waals surface area (Å²) in [5, 5.41) is 13.9. The molecule has 1 aromatic rings. The molecule has 126 valence electrons. The van der Waals surface area contributed by atoms with Crippen molar-refractivity contribution in [3.05, 3.63) is 34.4 Å². The molecule has 1 amide bonds. The molecule has 7 nitrogen and oxygen atoms in total. The fraction of sp³-hybridized carbons (Fsp3) is 0.562. The van der Waals surface area contributed by atoms with Crippen LogP contribution >= 0.6 is 0 Å². The van der Waals surface area contributed by atoms with E-state index in [1.165, 1.54) is 6.07 Å². The molecule has 1 aliphatic heterocycles. The smallest absolute Gasteiger partial charge is 0.292 e. The van der Waals surface area contributed by atoms with E-state index in [1.54, 1.807) is 18.2 Å². The van der Waals surface area contributed by atoms with Gasteiger partial charge in [0.2, 0.25) is 5.91 Å². The first-order chi connectivity index (χ1) is 11.0. The van der Waals surface area contributed by atoms with E-state index in [0.717, 1.165) is 19.4 Å². The zero-order valence-electron chi connectivity index (χ0n) is 13.4. The van der Waals surface area contributed by atoms with Crippen LogP contribution in [0.5, 0.6) is 0 Å². The Morgan fingerprint density at radius 2 is 2.22 bits per heavy atom. The molecule has 0 bridgehead atoms. The number of carbonyl (C=O) groups is 1. The number of benzene rings is 1. The normalized spacial score (nSPS) is 21.0. The number of rotatable bonds is 6. The molecule has 7 heteroatoms. The molecular formula is C16H24N4O3. The number of hydrogen-bond acceptors (Lipinski definition) is 5. The monoisotopic (exact) mass is 320 g/mol. The lowest BCUT2D eigenvalue weighted by Crippen LogP contribution is -2.49. The van der Waals surface area contributed by atoms with E-state index < -0.39 is 4.92 Å². The number of piperidine rings is 1. The first-order valence-electron chi connectivity index (χ1n) is 7.99. The van der Waals surface area contributed by atoms with Crippen molar-refractivity contribution in [1.29, 1.82) is 0 Å². The Bertz CT molecular complexity index is 564. The number of hydrogen-bond donors (Lipinski definition) is 2. The fourth-order valence-corrected chi connectivity index (χ4v) is 3.03. The minimum atomic E-state index is -0.430. The zero-order valence-corrected chi connectivity index (χ0v) is 13.4. The highest BCUT2D eigenvalue weighted by atomic mass is 16.6. The van der Waals surface area contributed by atoms with Gasteiger partial charge in [0.15, 0.2) is 0 Å². The number of nitrogens with two attached hydrogens (primary N) is 1. The lowest BCUT2D eigenvalue weighted by molar-refractivity contribution is -0.384. The fourth-order valence-electron chi connectivity index (χ4n) is 3.03. The molecule has 1 fully saturated rings. The van der Waals surface area contributed by atoms with E-state index >= 15 is 0 Å². The highest BCUT2D eigenvalue weighted by Crippen LogP contribution is 2.24. The lowest BCUT2D eigenvalue weighted by atomic mass is 9.92. The van der Waals surface area contributed by atoms with Gasteiger partial charge in [0.25, 0.3) is 5.69 Å². The molecule has 0 radical (unpaired) electrons. The van der Waals surface area contributed by atoms with Crippen molar-refractivity contribution in [3.63, 3.8) is 0 Å². The number of para-hydroxylation sites is 2. The minimum Gasteiger partial charge on any atom is -0.379 e. The van der Waals surface area contributed by atoms with Gasteiger partial charge in [-0.3, -0.25) is 14.9 Å². The SMILES string of the molecule is CC1CCN(C(=O)CCNc2ccccc2[N+](=O)[O-])C(CN)C1. The molecule has 1 aliphatic rings. The van der Waals surface area contributed by atoms with Gasteiger partial charge < -0.3 is 16.0 Å². The van der Waals surface area contributed by atoms with Crippen LogP contribution in [0.15, 0.2) is 24.3 Å². The molecule has 3 N–H and O–H groups in total. The second-order valence-corrected chi connectivity index (χ2v) is 6.06. The van der Waals surface area contributed by atoms with Crippen LogP contribution in [0.1, 0.15) is 26.2 Å². The number of nitrogens with one attached hydrogen (secondary N) is 1. The maximum absolute atomic E-state index is 12.4. The van der Waals surface area contributed by atoms with E-state index in [-0.39, 0.29) is 17.6 Å². The van der Waals surface area contributed by atoms with E-state index in [4.69, 9.17) is 5.73 Å². The zero-order chi connectivity index (χ0) is 16.8. The van der Waals surface area contributed by atoms with Crippen molar-refractivity contribution in [3.8, 4) is 0 Å². The Morgan fingerprint density at radius 3 is 2.91 bits per heavy atom. The second kappa shape index (κ2) is 7.92. The number of nitro groups is 1. The first kappa shape index (κ1) is 17.2. The number of likely N-dealkylation sites (tertiary alicyclic amines) is 1. The Labute approximate surface area is 136 Å². The highest BCUT2D eigenvalue weighted by molar-refractivity contribution is 5.77. The van der Waals surface area contributed by atoms with Gasteiger partial charge in [-0.2, -0.15) is 0 Å². The number of amides is 1. The quantitative estimate of drug-likeness (QED) is 0.616. The molecule has 0 saturated carbocycles. The number of nitrogens with zero attached hydrogens (tertiary/aromatic N) is 2. The third-order valence-electron chi connectivity index (χ3n) is 4.33.